The van der Waals surface area contributed by atoms with Crippen LogP contribution in [0, 0.1) is 5.92 Å². The van der Waals surface area contributed by atoms with Crippen molar-refractivity contribution in [1.29, 1.82) is 0 Å². The van der Waals surface area contributed by atoms with Crippen molar-refractivity contribution >= 4 is 35.6 Å². The van der Waals surface area contributed by atoms with Gasteiger partial charge in [-0.05, 0) is 30.0 Å². The average molecular weight is 283 g/mol. The third kappa shape index (κ3) is 3.17. The molecule has 0 unspecified atom stereocenters. The summed E-state index contributed by atoms with van der Waals surface area (Å²) in [4.78, 5) is 0. The fourth-order valence-electron chi connectivity index (χ4n) is 1.65. The molecule has 0 radical (unpaired) electrons. The van der Waals surface area contributed by atoms with Crippen LogP contribution in [-0.2, 0) is 0 Å². The van der Waals surface area contributed by atoms with Crippen LogP contribution in [0.1, 0.15) is 30.9 Å². The summed E-state index contributed by atoms with van der Waals surface area (Å²) in [5, 5.41) is 9.94. The van der Waals surface area contributed by atoms with Gasteiger partial charge in [-0.15, -0.1) is 12.4 Å². The predicted octanol–water partition coefficient (Wildman–Crippen LogP) is 3.92. The second kappa shape index (κ2) is 5.46. The van der Waals surface area contributed by atoms with Gasteiger partial charge in [-0.25, -0.2) is 0 Å². The summed E-state index contributed by atoms with van der Waals surface area (Å²) in [6, 6.07) is 3.35. The highest BCUT2D eigenvalue weighted by Gasteiger charge is 2.25. The second-order valence-corrected chi connectivity index (χ2v) is 4.93. The molecule has 5 heteroatoms. The number of phenols is 1. The summed E-state index contributed by atoms with van der Waals surface area (Å²) in [5.41, 5.74) is 6.92. The molecule has 1 aromatic carbocycles. The lowest BCUT2D eigenvalue weighted by molar-refractivity contribution is 0.475. The second-order valence-electron chi connectivity index (χ2n) is 4.12. The van der Waals surface area contributed by atoms with Crippen molar-refractivity contribution in [2.45, 2.75) is 25.3 Å². The highest BCUT2D eigenvalue weighted by atomic mass is 35.5. The molecule has 1 aliphatic carbocycles. The van der Waals surface area contributed by atoms with Crippen LogP contribution < -0.4 is 5.73 Å². The minimum absolute atomic E-state index is 0. The van der Waals surface area contributed by atoms with Crippen LogP contribution in [0.5, 0.6) is 5.75 Å². The molecule has 1 aromatic rings. The van der Waals surface area contributed by atoms with E-state index < -0.39 is 0 Å². The lowest BCUT2D eigenvalue weighted by atomic mass is 10.0. The Balaban J connectivity index is 0.00000128. The smallest absolute Gasteiger partial charge is 0.152 e. The quantitative estimate of drug-likeness (QED) is 0.882. The van der Waals surface area contributed by atoms with E-state index in [-0.39, 0.29) is 34.2 Å². The molecule has 0 aromatic heterocycles. The minimum Gasteiger partial charge on any atom is -0.505 e. The molecule has 1 saturated carbocycles. The lowest BCUT2D eigenvalue weighted by Crippen LogP contribution is -2.10. The predicted molar refractivity (Wildman–Crippen MR) is 69.6 cm³/mol. The third-order valence-electron chi connectivity index (χ3n) is 2.75. The van der Waals surface area contributed by atoms with Gasteiger partial charge in [-0.1, -0.05) is 36.0 Å². The number of nitrogens with two attached hydrogens (primary N) is 1. The Morgan fingerprint density at radius 3 is 2.25 bits per heavy atom. The van der Waals surface area contributed by atoms with Gasteiger partial charge < -0.3 is 10.8 Å². The molecule has 1 aliphatic rings. The highest BCUT2D eigenvalue weighted by molar-refractivity contribution is 6.37. The molecular formula is C11H14Cl3NO. The van der Waals surface area contributed by atoms with Gasteiger partial charge in [-0.2, -0.15) is 0 Å². The molecule has 90 valence electrons. The van der Waals surface area contributed by atoms with Gasteiger partial charge in [0.25, 0.3) is 0 Å². The van der Waals surface area contributed by atoms with Crippen molar-refractivity contribution in [3.63, 3.8) is 0 Å². The molecule has 1 fully saturated rings. The molecule has 3 N–H and O–H groups in total. The molecule has 0 spiro atoms. The fraction of sp³-hybridized carbons (Fsp3) is 0.455. The van der Waals surface area contributed by atoms with E-state index in [1.807, 2.05) is 0 Å². The van der Waals surface area contributed by atoms with E-state index in [4.69, 9.17) is 28.9 Å². The van der Waals surface area contributed by atoms with Gasteiger partial charge in [0.1, 0.15) is 0 Å². The maximum absolute atomic E-state index is 9.40. The Bertz CT molecular complexity index is 356. The summed E-state index contributed by atoms with van der Waals surface area (Å²) in [7, 11) is 0. The normalized spacial score (nSPS) is 16.7. The van der Waals surface area contributed by atoms with E-state index in [0.717, 1.165) is 17.9 Å². The molecule has 0 amide bonds. The summed E-state index contributed by atoms with van der Waals surface area (Å²) in [6.45, 7) is 0. The van der Waals surface area contributed by atoms with Crippen molar-refractivity contribution in [2.24, 2.45) is 11.7 Å². The van der Waals surface area contributed by atoms with Gasteiger partial charge in [0.2, 0.25) is 0 Å². The zero-order valence-electron chi connectivity index (χ0n) is 8.62. The Hall–Kier alpha value is -0.150. The van der Waals surface area contributed by atoms with Crippen molar-refractivity contribution in [1.82, 2.24) is 0 Å². The van der Waals surface area contributed by atoms with Gasteiger partial charge >= 0.3 is 0 Å². The maximum Gasteiger partial charge on any atom is 0.152 e. The molecule has 1 atom stereocenters. The van der Waals surface area contributed by atoms with E-state index in [0.29, 0.717) is 0 Å². The average Bonchev–Trinajstić information content (AvgIpc) is 2.97. The maximum atomic E-state index is 9.40. The molecule has 16 heavy (non-hydrogen) atoms. The SMILES string of the molecule is Cl.N[C@H](CC1CC1)c1cc(Cl)c(O)c(Cl)c1. The molecule has 2 nitrogen and oxygen atoms in total. The van der Waals surface area contributed by atoms with Gasteiger partial charge in [0.05, 0.1) is 10.0 Å². The Morgan fingerprint density at radius 2 is 1.81 bits per heavy atom. The Morgan fingerprint density at radius 1 is 1.31 bits per heavy atom. The third-order valence-corrected chi connectivity index (χ3v) is 3.33. The molecule has 0 heterocycles. The van der Waals surface area contributed by atoms with Crippen molar-refractivity contribution in [3.05, 3.63) is 27.7 Å². The molecule has 0 saturated heterocycles. The number of phenolic OH excluding ortho intramolecular Hbond substituents is 1. The number of benzene rings is 1. The van der Waals surface area contributed by atoms with Gasteiger partial charge in [-0.3, -0.25) is 0 Å². The first kappa shape index (κ1) is 13.9. The molecule has 0 bridgehead atoms. The van der Waals surface area contributed by atoms with Crippen LogP contribution in [-0.4, -0.2) is 5.11 Å². The van der Waals surface area contributed by atoms with Gasteiger partial charge in [0.15, 0.2) is 5.75 Å². The zero-order valence-corrected chi connectivity index (χ0v) is 10.9. The molecule has 0 aliphatic heterocycles. The summed E-state index contributed by atoms with van der Waals surface area (Å²) in [5.74, 6) is 0.687. The van der Waals surface area contributed by atoms with Crippen molar-refractivity contribution < 1.29 is 5.11 Å². The number of hydrogen-bond acceptors (Lipinski definition) is 2. The first-order valence-electron chi connectivity index (χ1n) is 5.01. The van der Waals surface area contributed by atoms with Crippen molar-refractivity contribution in [2.75, 3.05) is 0 Å². The van der Waals surface area contributed by atoms with Crippen LogP contribution in [0.4, 0.5) is 0 Å². The largest absolute Gasteiger partial charge is 0.505 e. The number of rotatable bonds is 3. The Kier molecular flexibility index (Phi) is 4.74. The topological polar surface area (TPSA) is 46.2 Å². The van der Waals surface area contributed by atoms with Crippen LogP contribution >= 0.6 is 35.6 Å². The summed E-state index contributed by atoms with van der Waals surface area (Å²) >= 11 is 11.7. The van der Waals surface area contributed by atoms with E-state index in [2.05, 4.69) is 0 Å². The van der Waals surface area contributed by atoms with Gasteiger partial charge in [0, 0.05) is 6.04 Å². The number of hydrogen-bond donors (Lipinski definition) is 2. The van der Waals surface area contributed by atoms with E-state index in [1.54, 1.807) is 12.1 Å². The van der Waals surface area contributed by atoms with E-state index in [1.165, 1.54) is 12.8 Å². The first-order valence-corrected chi connectivity index (χ1v) is 5.77. The summed E-state index contributed by atoms with van der Waals surface area (Å²) < 4.78 is 0. The molecular weight excluding hydrogens is 268 g/mol. The van der Waals surface area contributed by atoms with Crippen LogP contribution in [0.2, 0.25) is 10.0 Å². The standard InChI is InChI=1S/C11H13Cl2NO.ClH/c12-8-4-7(5-9(13)11(8)15)10(14)3-6-1-2-6;/h4-6,10,15H,1-3,14H2;1H/t10-;/m1./s1. The van der Waals surface area contributed by atoms with E-state index >= 15 is 0 Å². The number of aromatic hydroxyl groups is 1. The lowest BCUT2D eigenvalue weighted by Gasteiger charge is -2.13. The van der Waals surface area contributed by atoms with Crippen molar-refractivity contribution in [3.8, 4) is 5.75 Å². The zero-order chi connectivity index (χ0) is 11.0. The Labute approximate surface area is 111 Å². The minimum atomic E-state index is -0.0688. The number of halogens is 3. The van der Waals surface area contributed by atoms with E-state index in [9.17, 15) is 5.11 Å². The molecule has 2 rings (SSSR count). The highest BCUT2D eigenvalue weighted by Crippen LogP contribution is 2.39. The van der Waals surface area contributed by atoms with Crippen LogP contribution in [0.3, 0.4) is 0 Å². The summed E-state index contributed by atoms with van der Waals surface area (Å²) in [6.07, 6.45) is 3.51. The monoisotopic (exact) mass is 281 g/mol. The van der Waals surface area contributed by atoms with Crippen LogP contribution in [0.25, 0.3) is 0 Å². The fourth-order valence-corrected chi connectivity index (χ4v) is 2.15. The van der Waals surface area contributed by atoms with Crippen LogP contribution in [0.15, 0.2) is 12.1 Å². The first-order chi connectivity index (χ1) is 7.08.